The maximum absolute atomic E-state index is 4.50. The summed E-state index contributed by atoms with van der Waals surface area (Å²) in [5.41, 5.74) is 5.12. The molecule has 3 rings (SSSR count). The first kappa shape index (κ1) is 9.96. The van der Waals surface area contributed by atoms with Gasteiger partial charge in [-0.2, -0.15) is 0 Å². The Bertz CT molecular complexity index is 685. The predicted octanol–water partition coefficient (Wildman–Crippen LogP) is 2.41. The van der Waals surface area contributed by atoms with Gasteiger partial charge < -0.3 is 0 Å². The summed E-state index contributed by atoms with van der Waals surface area (Å²) < 4.78 is 2.05. The second-order valence-corrected chi connectivity index (χ2v) is 4.04. The van der Waals surface area contributed by atoms with Gasteiger partial charge >= 0.3 is 0 Å². The molecule has 0 atom stereocenters. The van der Waals surface area contributed by atoms with E-state index >= 15 is 0 Å². The van der Waals surface area contributed by atoms with Crippen LogP contribution in [0.2, 0.25) is 0 Å². The van der Waals surface area contributed by atoms with E-state index in [2.05, 4.69) is 25.4 Å². The van der Waals surface area contributed by atoms with Crippen molar-refractivity contribution in [3.8, 4) is 11.3 Å². The van der Waals surface area contributed by atoms with Crippen LogP contribution in [0, 0.1) is 13.8 Å². The Balaban J connectivity index is 2.33. The molecule has 4 heteroatoms. The molecule has 0 aliphatic rings. The van der Waals surface area contributed by atoms with Crippen LogP contribution in [0.3, 0.4) is 0 Å². The molecule has 0 aliphatic carbocycles. The molecule has 0 fully saturated rings. The van der Waals surface area contributed by atoms with Crippen LogP contribution < -0.4 is 0 Å². The Hall–Kier alpha value is -2.23. The highest BCUT2D eigenvalue weighted by atomic mass is 15.0. The quantitative estimate of drug-likeness (QED) is 0.637. The van der Waals surface area contributed by atoms with Crippen molar-refractivity contribution < 1.29 is 0 Å². The molecule has 0 aromatic carbocycles. The van der Waals surface area contributed by atoms with Gasteiger partial charge in [-0.15, -0.1) is 0 Å². The lowest BCUT2D eigenvalue weighted by Gasteiger charge is -2.03. The molecule has 3 aromatic rings. The molecule has 0 amide bonds. The van der Waals surface area contributed by atoms with Gasteiger partial charge in [0.05, 0.1) is 17.6 Å². The van der Waals surface area contributed by atoms with Gasteiger partial charge in [0.15, 0.2) is 5.65 Å². The Morgan fingerprint density at radius 1 is 1.18 bits per heavy atom. The minimum Gasteiger partial charge on any atom is -0.297 e. The van der Waals surface area contributed by atoms with E-state index in [9.17, 15) is 0 Å². The summed E-state index contributed by atoms with van der Waals surface area (Å²) in [6.45, 7) is 4.00. The average Bonchev–Trinajstić information content (AvgIpc) is 2.64. The van der Waals surface area contributed by atoms with Gasteiger partial charge in [-0.1, -0.05) is 0 Å². The number of nitrogens with zero attached hydrogens (tertiary/aromatic N) is 4. The fourth-order valence-electron chi connectivity index (χ4n) is 2.07. The lowest BCUT2D eigenvalue weighted by atomic mass is 10.1. The van der Waals surface area contributed by atoms with Crippen molar-refractivity contribution >= 4 is 5.65 Å². The second kappa shape index (κ2) is 3.66. The van der Waals surface area contributed by atoms with Crippen molar-refractivity contribution in [2.75, 3.05) is 0 Å². The lowest BCUT2D eigenvalue weighted by Crippen LogP contribution is -1.91. The molecule has 0 unspecified atom stereocenters. The summed E-state index contributed by atoms with van der Waals surface area (Å²) in [4.78, 5) is 12.8. The fraction of sp³-hybridized carbons (Fsp3) is 0.154. The van der Waals surface area contributed by atoms with E-state index in [1.54, 1.807) is 12.4 Å². The van der Waals surface area contributed by atoms with Crippen LogP contribution in [-0.2, 0) is 0 Å². The largest absolute Gasteiger partial charge is 0.297 e. The maximum atomic E-state index is 4.50. The topological polar surface area (TPSA) is 43.1 Å². The summed E-state index contributed by atoms with van der Waals surface area (Å²) in [5, 5.41) is 0. The van der Waals surface area contributed by atoms with Crippen LogP contribution in [0.5, 0.6) is 0 Å². The number of hydrogen-bond acceptors (Lipinski definition) is 3. The number of aryl methyl sites for hydroxylation is 2. The van der Waals surface area contributed by atoms with E-state index in [-0.39, 0.29) is 0 Å². The highest BCUT2D eigenvalue weighted by Gasteiger charge is 2.10. The highest BCUT2D eigenvalue weighted by molar-refractivity contribution is 5.66. The molecule has 0 aliphatic heterocycles. The molecule has 0 saturated carbocycles. The van der Waals surface area contributed by atoms with Crippen LogP contribution in [0.1, 0.15) is 11.4 Å². The summed E-state index contributed by atoms with van der Waals surface area (Å²) in [7, 11) is 0. The zero-order valence-electron chi connectivity index (χ0n) is 9.75. The second-order valence-electron chi connectivity index (χ2n) is 4.04. The van der Waals surface area contributed by atoms with Gasteiger partial charge in [-0.25, -0.2) is 4.98 Å². The SMILES string of the molecule is Cc1cc(-c2c(C)nc3cnccn23)ccn1. The normalized spacial score (nSPS) is 10.9. The Morgan fingerprint density at radius 3 is 2.88 bits per heavy atom. The van der Waals surface area contributed by atoms with Crippen molar-refractivity contribution in [3.63, 3.8) is 0 Å². The summed E-state index contributed by atoms with van der Waals surface area (Å²) >= 11 is 0. The third-order valence-corrected chi connectivity index (χ3v) is 2.77. The molecule has 0 spiro atoms. The van der Waals surface area contributed by atoms with Gasteiger partial charge in [0.25, 0.3) is 0 Å². The van der Waals surface area contributed by atoms with Crippen LogP contribution in [0.25, 0.3) is 16.9 Å². The zero-order valence-corrected chi connectivity index (χ0v) is 9.75. The van der Waals surface area contributed by atoms with Crippen LogP contribution in [0.15, 0.2) is 36.9 Å². The summed E-state index contributed by atoms with van der Waals surface area (Å²) in [5.74, 6) is 0. The number of rotatable bonds is 1. The maximum Gasteiger partial charge on any atom is 0.156 e. The Morgan fingerprint density at radius 2 is 2.06 bits per heavy atom. The third kappa shape index (κ3) is 1.58. The minimum absolute atomic E-state index is 0.870. The highest BCUT2D eigenvalue weighted by Crippen LogP contribution is 2.24. The van der Waals surface area contributed by atoms with E-state index in [4.69, 9.17) is 0 Å². The smallest absolute Gasteiger partial charge is 0.156 e. The Labute approximate surface area is 99.0 Å². The van der Waals surface area contributed by atoms with Crippen LogP contribution in [0.4, 0.5) is 0 Å². The number of fused-ring (bicyclic) bond motifs is 1. The van der Waals surface area contributed by atoms with Gasteiger partial charge in [0.2, 0.25) is 0 Å². The van der Waals surface area contributed by atoms with E-state index in [0.717, 1.165) is 28.3 Å². The first-order chi connectivity index (χ1) is 8.25. The van der Waals surface area contributed by atoms with Crippen molar-refractivity contribution in [1.29, 1.82) is 0 Å². The van der Waals surface area contributed by atoms with Crippen LogP contribution in [-0.4, -0.2) is 19.4 Å². The molecule has 4 nitrogen and oxygen atoms in total. The van der Waals surface area contributed by atoms with Crippen LogP contribution >= 0.6 is 0 Å². The molecule has 84 valence electrons. The van der Waals surface area contributed by atoms with Crippen molar-refractivity contribution in [1.82, 2.24) is 19.4 Å². The summed E-state index contributed by atoms with van der Waals surface area (Å²) in [6.07, 6.45) is 7.29. The van der Waals surface area contributed by atoms with E-state index in [1.807, 2.05) is 32.3 Å². The third-order valence-electron chi connectivity index (χ3n) is 2.77. The molecule has 3 heterocycles. The molecule has 0 saturated heterocycles. The van der Waals surface area contributed by atoms with Gasteiger partial charge in [-0.05, 0) is 26.0 Å². The summed E-state index contributed by atoms with van der Waals surface area (Å²) in [6, 6.07) is 4.07. The molecule has 0 bridgehead atoms. The number of imidazole rings is 1. The fourth-order valence-corrected chi connectivity index (χ4v) is 2.07. The van der Waals surface area contributed by atoms with E-state index in [1.165, 1.54) is 0 Å². The predicted molar refractivity (Wildman–Crippen MR) is 65.7 cm³/mol. The number of hydrogen-bond donors (Lipinski definition) is 0. The number of pyridine rings is 1. The monoisotopic (exact) mass is 224 g/mol. The minimum atomic E-state index is 0.870. The average molecular weight is 224 g/mol. The Kier molecular flexibility index (Phi) is 2.14. The first-order valence-electron chi connectivity index (χ1n) is 5.47. The molecule has 17 heavy (non-hydrogen) atoms. The molecule has 0 radical (unpaired) electrons. The van der Waals surface area contributed by atoms with Crippen molar-refractivity contribution in [3.05, 3.63) is 48.3 Å². The molecular formula is C13H12N4. The van der Waals surface area contributed by atoms with Crippen molar-refractivity contribution in [2.24, 2.45) is 0 Å². The first-order valence-corrected chi connectivity index (χ1v) is 5.47. The molecule has 3 aromatic heterocycles. The standard InChI is InChI=1S/C13H12N4/c1-9-7-11(3-4-15-9)13-10(2)16-12-8-14-5-6-17(12)13/h3-8H,1-2H3. The zero-order chi connectivity index (χ0) is 11.8. The number of aromatic nitrogens is 4. The van der Waals surface area contributed by atoms with Gasteiger partial charge in [0.1, 0.15) is 0 Å². The lowest BCUT2D eigenvalue weighted by molar-refractivity contribution is 1.12. The van der Waals surface area contributed by atoms with Crippen molar-refractivity contribution in [2.45, 2.75) is 13.8 Å². The molecule has 0 N–H and O–H groups in total. The van der Waals surface area contributed by atoms with Gasteiger partial charge in [-0.3, -0.25) is 14.4 Å². The van der Waals surface area contributed by atoms with E-state index < -0.39 is 0 Å². The van der Waals surface area contributed by atoms with Gasteiger partial charge in [0, 0.05) is 29.8 Å². The van der Waals surface area contributed by atoms with E-state index in [0.29, 0.717) is 0 Å². The molecular weight excluding hydrogens is 212 g/mol.